The van der Waals surface area contributed by atoms with Crippen LogP contribution in [0, 0.1) is 12.8 Å². The molecule has 0 amide bonds. The molecule has 1 nitrogen and oxygen atoms in total. The van der Waals surface area contributed by atoms with E-state index >= 15 is 0 Å². The average Bonchev–Trinajstić information content (AvgIpc) is 2.40. The molecule has 1 fully saturated rings. The molecule has 0 saturated heterocycles. The summed E-state index contributed by atoms with van der Waals surface area (Å²) in [5.41, 5.74) is 3.44. The van der Waals surface area contributed by atoms with Gasteiger partial charge >= 0.3 is 0 Å². The van der Waals surface area contributed by atoms with Gasteiger partial charge in [0.2, 0.25) is 0 Å². The van der Waals surface area contributed by atoms with Crippen LogP contribution in [0.5, 0.6) is 0 Å². The third-order valence-corrected chi connectivity index (χ3v) is 4.54. The Balaban J connectivity index is 2.17. The highest BCUT2D eigenvalue weighted by atomic mass is 14.9. The van der Waals surface area contributed by atoms with Crippen LogP contribution < -0.4 is 5.32 Å². The van der Waals surface area contributed by atoms with E-state index in [1.54, 1.807) is 5.56 Å². The van der Waals surface area contributed by atoms with Crippen molar-refractivity contribution in [1.82, 2.24) is 5.32 Å². The van der Waals surface area contributed by atoms with Crippen LogP contribution in [-0.4, -0.2) is 13.1 Å². The van der Waals surface area contributed by atoms with Crippen molar-refractivity contribution < 1.29 is 0 Å². The molecule has 0 spiro atoms. The SMILES string of the molecule is Cc1ccccc1C1(CNCC(C)C)CCCCC1. The summed E-state index contributed by atoms with van der Waals surface area (Å²) in [7, 11) is 0. The maximum Gasteiger partial charge on any atom is 0.00804 e. The lowest BCUT2D eigenvalue weighted by Gasteiger charge is -2.39. The summed E-state index contributed by atoms with van der Waals surface area (Å²) in [5.74, 6) is 0.734. The highest BCUT2D eigenvalue weighted by Gasteiger charge is 2.34. The van der Waals surface area contributed by atoms with Crippen LogP contribution in [0.4, 0.5) is 0 Å². The van der Waals surface area contributed by atoms with Gasteiger partial charge in [0, 0.05) is 12.0 Å². The van der Waals surface area contributed by atoms with Gasteiger partial charge in [0.1, 0.15) is 0 Å². The van der Waals surface area contributed by atoms with Crippen molar-refractivity contribution in [3.05, 3.63) is 35.4 Å². The minimum Gasteiger partial charge on any atom is -0.316 e. The highest BCUT2D eigenvalue weighted by molar-refractivity contribution is 5.34. The van der Waals surface area contributed by atoms with E-state index in [2.05, 4.69) is 50.4 Å². The van der Waals surface area contributed by atoms with Gasteiger partial charge in [0.05, 0.1) is 0 Å². The van der Waals surface area contributed by atoms with E-state index in [1.807, 2.05) is 0 Å². The number of benzene rings is 1. The number of hydrogen-bond acceptors (Lipinski definition) is 1. The summed E-state index contributed by atoms with van der Waals surface area (Å²) in [5, 5.41) is 3.72. The molecule has 1 aliphatic carbocycles. The van der Waals surface area contributed by atoms with Gasteiger partial charge < -0.3 is 5.32 Å². The third-order valence-electron chi connectivity index (χ3n) is 4.54. The van der Waals surface area contributed by atoms with Gasteiger partial charge in [0.25, 0.3) is 0 Å². The second-order valence-electron chi connectivity index (χ2n) is 6.68. The van der Waals surface area contributed by atoms with Crippen LogP contribution in [0.25, 0.3) is 0 Å². The van der Waals surface area contributed by atoms with Crippen LogP contribution in [0.3, 0.4) is 0 Å². The van der Waals surface area contributed by atoms with Gasteiger partial charge in [-0.2, -0.15) is 0 Å². The predicted molar refractivity (Wildman–Crippen MR) is 83.6 cm³/mol. The molecule has 2 rings (SSSR count). The quantitative estimate of drug-likeness (QED) is 0.824. The summed E-state index contributed by atoms with van der Waals surface area (Å²) in [6.45, 7) is 9.13. The van der Waals surface area contributed by atoms with Crippen molar-refractivity contribution in [3.8, 4) is 0 Å². The highest BCUT2D eigenvalue weighted by Crippen LogP contribution is 2.40. The Morgan fingerprint density at radius 1 is 1.11 bits per heavy atom. The van der Waals surface area contributed by atoms with E-state index in [4.69, 9.17) is 0 Å². The first-order chi connectivity index (χ1) is 9.14. The van der Waals surface area contributed by atoms with Gasteiger partial charge in [-0.1, -0.05) is 57.4 Å². The topological polar surface area (TPSA) is 12.0 Å². The summed E-state index contributed by atoms with van der Waals surface area (Å²) < 4.78 is 0. The summed E-state index contributed by atoms with van der Waals surface area (Å²) in [6.07, 6.45) is 6.89. The minimum absolute atomic E-state index is 0.387. The molecule has 106 valence electrons. The van der Waals surface area contributed by atoms with Gasteiger partial charge in [0.15, 0.2) is 0 Å². The molecule has 1 heteroatoms. The Bertz CT molecular complexity index is 388. The lowest BCUT2D eigenvalue weighted by Crippen LogP contribution is -2.41. The van der Waals surface area contributed by atoms with Crippen molar-refractivity contribution in [1.29, 1.82) is 0 Å². The first-order valence-electron chi connectivity index (χ1n) is 7.91. The van der Waals surface area contributed by atoms with Crippen LogP contribution in [0.15, 0.2) is 24.3 Å². The van der Waals surface area contributed by atoms with Crippen molar-refractivity contribution in [2.24, 2.45) is 5.92 Å². The van der Waals surface area contributed by atoms with E-state index < -0.39 is 0 Å². The zero-order valence-electron chi connectivity index (χ0n) is 12.8. The van der Waals surface area contributed by atoms with Crippen LogP contribution in [0.1, 0.15) is 57.1 Å². The molecule has 1 saturated carbocycles. The maximum atomic E-state index is 3.72. The molecule has 0 heterocycles. The lowest BCUT2D eigenvalue weighted by atomic mass is 9.68. The van der Waals surface area contributed by atoms with Crippen molar-refractivity contribution in [3.63, 3.8) is 0 Å². The van der Waals surface area contributed by atoms with Crippen LogP contribution in [0.2, 0.25) is 0 Å². The van der Waals surface area contributed by atoms with Gasteiger partial charge in [-0.15, -0.1) is 0 Å². The first kappa shape index (κ1) is 14.6. The molecule has 0 bridgehead atoms. The standard InChI is InChI=1S/C18H29N/c1-15(2)13-19-14-18(11-7-4-8-12-18)17-10-6-5-9-16(17)3/h5-6,9-10,15,19H,4,7-8,11-14H2,1-3H3. The maximum absolute atomic E-state index is 3.72. The molecule has 0 unspecified atom stereocenters. The summed E-state index contributed by atoms with van der Waals surface area (Å²) in [4.78, 5) is 0. The number of aryl methyl sites for hydroxylation is 1. The molecule has 1 aromatic rings. The fourth-order valence-electron chi connectivity index (χ4n) is 3.54. The lowest BCUT2D eigenvalue weighted by molar-refractivity contribution is 0.275. The van der Waals surface area contributed by atoms with Gasteiger partial charge in [-0.25, -0.2) is 0 Å². The monoisotopic (exact) mass is 259 g/mol. The first-order valence-corrected chi connectivity index (χ1v) is 7.91. The second kappa shape index (κ2) is 6.56. The van der Waals surface area contributed by atoms with Crippen molar-refractivity contribution in [2.45, 2.75) is 58.3 Å². The Morgan fingerprint density at radius 2 is 1.79 bits per heavy atom. The van der Waals surface area contributed by atoms with E-state index in [0.29, 0.717) is 5.41 Å². The van der Waals surface area contributed by atoms with Crippen LogP contribution in [-0.2, 0) is 5.41 Å². The Kier molecular flexibility index (Phi) is 5.04. The Morgan fingerprint density at radius 3 is 2.42 bits per heavy atom. The number of nitrogens with one attached hydrogen (secondary N) is 1. The van der Waals surface area contributed by atoms with E-state index in [1.165, 1.54) is 37.7 Å². The van der Waals surface area contributed by atoms with E-state index in [-0.39, 0.29) is 0 Å². The number of rotatable bonds is 5. The molecule has 0 aromatic heterocycles. The third kappa shape index (κ3) is 3.60. The van der Waals surface area contributed by atoms with Crippen molar-refractivity contribution in [2.75, 3.05) is 13.1 Å². The molecular formula is C18H29N. The molecule has 1 aromatic carbocycles. The molecule has 19 heavy (non-hydrogen) atoms. The second-order valence-corrected chi connectivity index (χ2v) is 6.68. The Labute approximate surface area is 118 Å². The normalized spacial score (nSPS) is 18.7. The fraction of sp³-hybridized carbons (Fsp3) is 0.667. The molecule has 0 atom stereocenters. The minimum atomic E-state index is 0.387. The largest absolute Gasteiger partial charge is 0.316 e. The fourth-order valence-corrected chi connectivity index (χ4v) is 3.54. The molecule has 1 aliphatic rings. The zero-order valence-corrected chi connectivity index (χ0v) is 12.8. The Hall–Kier alpha value is -0.820. The van der Waals surface area contributed by atoms with Gasteiger partial charge in [-0.05, 0) is 43.4 Å². The molecule has 0 aliphatic heterocycles. The van der Waals surface area contributed by atoms with Gasteiger partial charge in [-0.3, -0.25) is 0 Å². The van der Waals surface area contributed by atoms with E-state index in [0.717, 1.165) is 19.0 Å². The van der Waals surface area contributed by atoms with E-state index in [9.17, 15) is 0 Å². The average molecular weight is 259 g/mol. The summed E-state index contributed by atoms with van der Waals surface area (Å²) >= 11 is 0. The molecule has 0 radical (unpaired) electrons. The number of hydrogen-bond donors (Lipinski definition) is 1. The zero-order chi connectivity index (χ0) is 13.7. The summed E-state index contributed by atoms with van der Waals surface area (Å²) in [6, 6.07) is 9.00. The smallest absolute Gasteiger partial charge is 0.00804 e. The predicted octanol–water partition coefficient (Wildman–Crippen LogP) is 4.44. The molecular weight excluding hydrogens is 230 g/mol. The molecule has 1 N–H and O–H groups in total. The van der Waals surface area contributed by atoms with Crippen LogP contribution >= 0.6 is 0 Å². The van der Waals surface area contributed by atoms with Crippen molar-refractivity contribution >= 4 is 0 Å².